The van der Waals surface area contributed by atoms with Crippen LogP contribution < -0.4 is 21.9 Å². The molecule has 2 aromatic heterocycles. The molecule has 0 bridgehead atoms. The first-order valence-electron chi connectivity index (χ1n) is 9.11. The third-order valence-electron chi connectivity index (χ3n) is 4.80. The second-order valence-corrected chi connectivity index (χ2v) is 6.95. The molecule has 0 saturated carbocycles. The van der Waals surface area contributed by atoms with E-state index in [0.29, 0.717) is 12.2 Å². The van der Waals surface area contributed by atoms with E-state index in [-0.39, 0.29) is 59.3 Å². The molecule has 1 aliphatic heterocycles. The molecule has 10 heteroatoms. The second kappa shape index (κ2) is 10.0. The fourth-order valence-corrected chi connectivity index (χ4v) is 3.29. The quantitative estimate of drug-likeness (QED) is 0.680. The molecule has 0 aromatic carbocycles. The van der Waals surface area contributed by atoms with E-state index in [2.05, 4.69) is 20.6 Å². The Balaban J connectivity index is 0.00000196. The van der Waals surface area contributed by atoms with Crippen LogP contribution >= 0.6 is 24.8 Å². The third-order valence-corrected chi connectivity index (χ3v) is 4.80. The zero-order valence-corrected chi connectivity index (χ0v) is 17.8. The van der Waals surface area contributed by atoms with Crippen LogP contribution in [0.3, 0.4) is 0 Å². The Morgan fingerprint density at radius 2 is 1.93 bits per heavy atom. The second-order valence-electron chi connectivity index (χ2n) is 6.95. The maximum atomic E-state index is 12.9. The van der Waals surface area contributed by atoms with Crippen molar-refractivity contribution in [3.05, 3.63) is 38.2 Å². The van der Waals surface area contributed by atoms with Gasteiger partial charge in [0.25, 0.3) is 11.5 Å². The van der Waals surface area contributed by atoms with E-state index < -0.39 is 11.2 Å². The average Bonchev–Trinajstić information content (AvgIpc) is 2.61. The number of piperidine rings is 1. The topological polar surface area (TPSA) is 109 Å². The van der Waals surface area contributed by atoms with Crippen molar-refractivity contribution in [2.45, 2.75) is 52.1 Å². The number of hydrogen-bond acceptors (Lipinski definition) is 5. The highest BCUT2D eigenvalue weighted by atomic mass is 35.5. The molecular weight excluding hydrogens is 405 g/mol. The van der Waals surface area contributed by atoms with Gasteiger partial charge in [0.2, 0.25) is 0 Å². The van der Waals surface area contributed by atoms with E-state index in [9.17, 15) is 14.4 Å². The SMILES string of the molecule is CCn1c(=O)[nH]c(=O)c2c(C(=O)NC3CCNCC3)cc(C(C)C)nc21.Cl.Cl. The van der Waals surface area contributed by atoms with E-state index in [4.69, 9.17) is 0 Å². The van der Waals surface area contributed by atoms with Crippen molar-refractivity contribution < 1.29 is 4.79 Å². The molecule has 0 unspecified atom stereocenters. The number of aromatic nitrogens is 3. The third kappa shape index (κ3) is 4.74. The van der Waals surface area contributed by atoms with Crippen LogP contribution in [0.5, 0.6) is 0 Å². The summed E-state index contributed by atoms with van der Waals surface area (Å²) in [5.74, 6) is -0.234. The predicted octanol–water partition coefficient (Wildman–Crippen LogP) is 1.55. The fourth-order valence-electron chi connectivity index (χ4n) is 3.29. The Hall–Kier alpha value is -1.90. The number of H-pyrrole nitrogens is 1. The van der Waals surface area contributed by atoms with Crippen molar-refractivity contribution >= 4 is 41.8 Å². The van der Waals surface area contributed by atoms with Crippen molar-refractivity contribution in [3.8, 4) is 0 Å². The van der Waals surface area contributed by atoms with Crippen molar-refractivity contribution in [3.63, 3.8) is 0 Å². The number of hydrogen-bond donors (Lipinski definition) is 3. The molecule has 0 atom stereocenters. The van der Waals surface area contributed by atoms with Gasteiger partial charge in [0, 0.05) is 18.3 Å². The zero-order chi connectivity index (χ0) is 18.8. The molecule has 1 aliphatic rings. The monoisotopic (exact) mass is 431 g/mol. The minimum absolute atomic E-state index is 0. The molecule has 1 amide bonds. The van der Waals surface area contributed by atoms with Crippen LogP contribution in [0.1, 0.15) is 55.6 Å². The largest absolute Gasteiger partial charge is 0.349 e. The number of nitrogens with one attached hydrogen (secondary N) is 3. The van der Waals surface area contributed by atoms with Crippen LogP contribution in [-0.2, 0) is 6.54 Å². The normalized spacial score (nSPS) is 14.4. The molecular formula is C18H27Cl2N5O3. The van der Waals surface area contributed by atoms with Gasteiger partial charge in [-0.3, -0.25) is 19.1 Å². The Labute approximate surface area is 175 Å². The van der Waals surface area contributed by atoms with Crippen molar-refractivity contribution in [1.29, 1.82) is 0 Å². The average molecular weight is 432 g/mol. The Morgan fingerprint density at radius 1 is 1.29 bits per heavy atom. The van der Waals surface area contributed by atoms with E-state index in [0.717, 1.165) is 25.9 Å². The fraction of sp³-hybridized carbons (Fsp3) is 0.556. The lowest BCUT2D eigenvalue weighted by Gasteiger charge is -2.24. The molecule has 8 nitrogen and oxygen atoms in total. The lowest BCUT2D eigenvalue weighted by molar-refractivity contribution is 0.0931. The number of rotatable bonds is 4. The van der Waals surface area contributed by atoms with Crippen LogP contribution in [0.25, 0.3) is 11.0 Å². The van der Waals surface area contributed by atoms with E-state index in [1.54, 1.807) is 13.0 Å². The smallest absolute Gasteiger partial charge is 0.329 e. The molecule has 2 aromatic rings. The van der Waals surface area contributed by atoms with Crippen LogP contribution in [0.4, 0.5) is 0 Å². The highest BCUT2D eigenvalue weighted by Gasteiger charge is 2.22. The van der Waals surface area contributed by atoms with Gasteiger partial charge in [0.15, 0.2) is 5.65 Å². The van der Waals surface area contributed by atoms with Crippen LogP contribution in [0.15, 0.2) is 15.7 Å². The van der Waals surface area contributed by atoms with Crippen LogP contribution in [0, 0.1) is 0 Å². The van der Waals surface area contributed by atoms with Crippen molar-refractivity contribution in [1.82, 2.24) is 25.2 Å². The summed E-state index contributed by atoms with van der Waals surface area (Å²) >= 11 is 0. The van der Waals surface area contributed by atoms with Gasteiger partial charge in [-0.2, -0.15) is 0 Å². The number of carbonyl (C=O) groups excluding carboxylic acids is 1. The van der Waals surface area contributed by atoms with Crippen LogP contribution in [-0.4, -0.2) is 39.6 Å². The number of fused-ring (bicyclic) bond motifs is 1. The number of nitrogens with zero attached hydrogens (tertiary/aromatic N) is 2. The summed E-state index contributed by atoms with van der Waals surface area (Å²) < 4.78 is 1.39. The van der Waals surface area contributed by atoms with Gasteiger partial charge in [0.1, 0.15) is 0 Å². The number of amides is 1. The summed E-state index contributed by atoms with van der Waals surface area (Å²) in [7, 11) is 0. The lowest BCUT2D eigenvalue weighted by atomic mass is 10.0. The molecule has 3 heterocycles. The summed E-state index contributed by atoms with van der Waals surface area (Å²) in [4.78, 5) is 44.3. The molecule has 0 radical (unpaired) electrons. The number of halogens is 2. The van der Waals surface area contributed by atoms with E-state index in [1.165, 1.54) is 4.57 Å². The zero-order valence-electron chi connectivity index (χ0n) is 16.2. The van der Waals surface area contributed by atoms with Gasteiger partial charge >= 0.3 is 5.69 Å². The Kier molecular flexibility index (Phi) is 8.66. The van der Waals surface area contributed by atoms with E-state index >= 15 is 0 Å². The van der Waals surface area contributed by atoms with Crippen molar-refractivity contribution in [2.24, 2.45) is 0 Å². The maximum absolute atomic E-state index is 12.9. The summed E-state index contributed by atoms with van der Waals surface area (Å²) in [6.45, 7) is 7.80. The highest BCUT2D eigenvalue weighted by Crippen LogP contribution is 2.20. The van der Waals surface area contributed by atoms with Gasteiger partial charge in [-0.1, -0.05) is 13.8 Å². The first kappa shape index (κ1) is 24.1. The van der Waals surface area contributed by atoms with Crippen LogP contribution in [0.2, 0.25) is 0 Å². The van der Waals surface area contributed by atoms with E-state index in [1.807, 2.05) is 13.8 Å². The molecule has 3 N–H and O–H groups in total. The summed E-state index contributed by atoms with van der Waals surface area (Å²) in [6, 6.07) is 1.74. The molecule has 3 rings (SSSR count). The highest BCUT2D eigenvalue weighted by molar-refractivity contribution is 6.05. The molecule has 1 saturated heterocycles. The molecule has 0 aliphatic carbocycles. The lowest BCUT2D eigenvalue weighted by Crippen LogP contribution is -2.43. The molecule has 0 spiro atoms. The Bertz CT molecular complexity index is 949. The standard InChI is InChI=1S/C18H25N5O3.2ClH/c1-4-23-15-14(17(25)22-18(23)26)12(9-13(21-15)10(2)3)16(24)20-11-5-7-19-8-6-11;;/h9-11,19H,4-8H2,1-3H3,(H,20,24)(H,22,25,26);2*1H. The number of aromatic amines is 1. The van der Waals surface area contributed by atoms with Gasteiger partial charge in [0.05, 0.1) is 10.9 Å². The summed E-state index contributed by atoms with van der Waals surface area (Å²) in [6.07, 6.45) is 1.70. The predicted molar refractivity (Wildman–Crippen MR) is 114 cm³/mol. The number of carbonyl (C=O) groups is 1. The number of pyridine rings is 1. The minimum Gasteiger partial charge on any atom is -0.349 e. The minimum atomic E-state index is -0.576. The first-order chi connectivity index (χ1) is 12.4. The van der Waals surface area contributed by atoms with Gasteiger partial charge < -0.3 is 10.6 Å². The molecule has 1 fully saturated rings. The van der Waals surface area contributed by atoms with Gasteiger partial charge in [-0.25, -0.2) is 9.78 Å². The molecule has 156 valence electrons. The molecule has 28 heavy (non-hydrogen) atoms. The first-order valence-corrected chi connectivity index (χ1v) is 9.11. The van der Waals surface area contributed by atoms with Gasteiger partial charge in [-0.05, 0) is 44.8 Å². The Morgan fingerprint density at radius 3 is 2.50 bits per heavy atom. The van der Waals surface area contributed by atoms with Gasteiger partial charge in [-0.15, -0.1) is 24.8 Å². The summed E-state index contributed by atoms with van der Waals surface area (Å²) in [5.41, 5.74) is 0.139. The summed E-state index contributed by atoms with van der Waals surface area (Å²) in [5, 5.41) is 6.45. The van der Waals surface area contributed by atoms with Crippen molar-refractivity contribution in [2.75, 3.05) is 13.1 Å². The number of aryl methyl sites for hydroxylation is 1. The maximum Gasteiger partial charge on any atom is 0.329 e.